The van der Waals surface area contributed by atoms with Gasteiger partial charge in [0.05, 0.1) is 23.3 Å². The van der Waals surface area contributed by atoms with Crippen LogP contribution in [0.1, 0.15) is 20.2 Å². The highest BCUT2D eigenvalue weighted by molar-refractivity contribution is 5.99. The summed E-state index contributed by atoms with van der Waals surface area (Å²) in [6.07, 6.45) is 1.39. The number of anilines is 3. The molecule has 27 heavy (non-hydrogen) atoms. The molecule has 0 bridgehead atoms. The number of hydrogen-bond acceptors (Lipinski definition) is 5. The number of fused-ring (bicyclic) bond motifs is 3. The van der Waals surface area contributed by atoms with Gasteiger partial charge in [0.15, 0.2) is 5.69 Å². The van der Waals surface area contributed by atoms with Crippen molar-refractivity contribution >= 4 is 23.0 Å². The van der Waals surface area contributed by atoms with Crippen LogP contribution in [0.3, 0.4) is 0 Å². The Labute approximate surface area is 160 Å². The number of rotatable bonds is 3. The number of hydrogen-bond donors (Lipinski definition) is 2. The molecule has 2 aromatic carbocycles. The Bertz CT molecular complexity index is 1140. The number of halogens is 1. The van der Waals surface area contributed by atoms with E-state index in [4.69, 9.17) is 4.11 Å². The van der Waals surface area contributed by atoms with Crippen LogP contribution in [0.2, 0.25) is 0 Å². The summed E-state index contributed by atoms with van der Waals surface area (Å²) in [5.74, 6) is -1.18. The van der Waals surface area contributed by atoms with Crippen molar-refractivity contribution in [2.45, 2.75) is 6.54 Å². The first-order chi connectivity index (χ1) is 14.2. The van der Waals surface area contributed by atoms with E-state index in [1.54, 1.807) is 18.2 Å². The SMILES string of the molecule is [2H]C([2H])([2H])NC(=O)c1nnccc1Nc1cccc2c1N(C)Cc1cccc(F)c1-2. The Balaban J connectivity index is 1.77. The Morgan fingerprint density at radius 1 is 1.22 bits per heavy atom. The molecule has 2 N–H and O–H groups in total. The van der Waals surface area contributed by atoms with E-state index >= 15 is 0 Å². The van der Waals surface area contributed by atoms with Gasteiger partial charge in [0.1, 0.15) is 5.82 Å². The van der Waals surface area contributed by atoms with Crippen LogP contribution in [-0.4, -0.2) is 30.1 Å². The molecule has 0 saturated carbocycles. The van der Waals surface area contributed by atoms with Crippen LogP contribution < -0.4 is 15.5 Å². The van der Waals surface area contributed by atoms with Crippen molar-refractivity contribution in [3.63, 3.8) is 0 Å². The minimum absolute atomic E-state index is 0.156. The van der Waals surface area contributed by atoms with Crippen LogP contribution >= 0.6 is 0 Å². The number of nitrogens with zero attached hydrogens (tertiary/aromatic N) is 3. The van der Waals surface area contributed by atoms with Gasteiger partial charge in [0, 0.05) is 35.8 Å². The van der Waals surface area contributed by atoms with E-state index in [9.17, 15) is 9.18 Å². The molecule has 1 aliphatic rings. The molecule has 3 aromatic rings. The lowest BCUT2D eigenvalue weighted by Crippen LogP contribution is -2.24. The fourth-order valence-electron chi connectivity index (χ4n) is 3.40. The number of para-hydroxylation sites is 1. The molecule has 2 heterocycles. The molecule has 136 valence electrons. The first-order valence-corrected chi connectivity index (χ1v) is 8.28. The number of carbonyl (C=O) groups excluding carboxylic acids is 1. The van der Waals surface area contributed by atoms with Gasteiger partial charge in [0.25, 0.3) is 5.91 Å². The van der Waals surface area contributed by atoms with Crippen molar-refractivity contribution in [1.82, 2.24) is 15.5 Å². The van der Waals surface area contributed by atoms with E-state index in [0.29, 0.717) is 17.8 Å². The average Bonchev–Trinajstić information content (AvgIpc) is 2.67. The van der Waals surface area contributed by atoms with Gasteiger partial charge in [-0.2, -0.15) is 5.10 Å². The minimum atomic E-state index is -2.65. The molecule has 4 rings (SSSR count). The van der Waals surface area contributed by atoms with Crippen molar-refractivity contribution in [1.29, 1.82) is 0 Å². The lowest BCUT2D eigenvalue weighted by atomic mass is 9.92. The van der Waals surface area contributed by atoms with Crippen molar-refractivity contribution in [2.24, 2.45) is 0 Å². The van der Waals surface area contributed by atoms with E-state index in [1.165, 1.54) is 18.3 Å². The van der Waals surface area contributed by atoms with E-state index in [-0.39, 0.29) is 17.2 Å². The fraction of sp³-hybridized carbons (Fsp3) is 0.150. The zero-order chi connectivity index (χ0) is 21.5. The topological polar surface area (TPSA) is 70.1 Å². The lowest BCUT2D eigenvalue weighted by molar-refractivity contribution is 0.0958. The summed E-state index contributed by atoms with van der Waals surface area (Å²) in [5.41, 5.74) is 3.66. The molecule has 6 nitrogen and oxygen atoms in total. The molecule has 0 fully saturated rings. The molecule has 1 amide bonds. The van der Waals surface area contributed by atoms with Gasteiger partial charge >= 0.3 is 0 Å². The molecular formula is C20H18FN5O. The molecule has 0 aliphatic carbocycles. The van der Waals surface area contributed by atoms with Gasteiger partial charge in [-0.15, -0.1) is 5.10 Å². The van der Waals surface area contributed by atoms with Crippen molar-refractivity contribution in [2.75, 3.05) is 24.2 Å². The van der Waals surface area contributed by atoms with Crippen molar-refractivity contribution < 1.29 is 13.3 Å². The molecule has 0 radical (unpaired) electrons. The first kappa shape index (κ1) is 13.7. The highest BCUT2D eigenvalue weighted by atomic mass is 19.1. The second-order valence-corrected chi connectivity index (χ2v) is 6.20. The zero-order valence-corrected chi connectivity index (χ0v) is 14.5. The summed E-state index contributed by atoms with van der Waals surface area (Å²) < 4.78 is 36.3. The van der Waals surface area contributed by atoms with Gasteiger partial charge in [-0.3, -0.25) is 4.79 Å². The number of aromatic nitrogens is 2. The summed E-state index contributed by atoms with van der Waals surface area (Å²) in [4.78, 5) is 14.3. The standard InChI is InChI=1S/C20H18FN5O/c1-22-20(27)18-15(9-10-23-25-18)24-16-8-4-6-13-17-12(5-3-7-14(17)21)11-26(2)19(13)16/h3-10H,11H2,1-2H3,(H,22,27)(H,23,24)/i1D3. The van der Waals surface area contributed by atoms with Crippen LogP contribution in [0.15, 0.2) is 48.7 Å². The van der Waals surface area contributed by atoms with Crippen LogP contribution in [0.4, 0.5) is 21.5 Å². The zero-order valence-electron chi connectivity index (χ0n) is 17.5. The molecule has 0 spiro atoms. The predicted octanol–water partition coefficient (Wildman–Crippen LogP) is 3.34. The van der Waals surface area contributed by atoms with E-state index < -0.39 is 12.9 Å². The summed E-state index contributed by atoms with van der Waals surface area (Å²) in [5, 5.41) is 12.5. The number of amides is 1. The highest BCUT2D eigenvalue weighted by Gasteiger charge is 2.25. The van der Waals surface area contributed by atoms with Crippen molar-refractivity contribution in [3.8, 4) is 11.1 Å². The molecule has 0 unspecified atom stereocenters. The maximum absolute atomic E-state index is 14.6. The Hall–Kier alpha value is -3.48. The number of nitrogens with one attached hydrogen (secondary N) is 2. The van der Waals surface area contributed by atoms with Gasteiger partial charge in [-0.1, -0.05) is 24.3 Å². The van der Waals surface area contributed by atoms with E-state index in [1.807, 2.05) is 29.4 Å². The maximum Gasteiger partial charge on any atom is 0.273 e. The fourth-order valence-corrected chi connectivity index (χ4v) is 3.40. The highest BCUT2D eigenvalue weighted by Crippen LogP contribution is 2.44. The lowest BCUT2D eigenvalue weighted by Gasteiger charge is -2.32. The molecule has 0 atom stereocenters. The van der Waals surface area contributed by atoms with Crippen LogP contribution in [0, 0.1) is 5.82 Å². The summed E-state index contributed by atoms with van der Waals surface area (Å²) >= 11 is 0. The predicted molar refractivity (Wildman–Crippen MR) is 103 cm³/mol. The summed E-state index contributed by atoms with van der Waals surface area (Å²) in [7, 11) is 1.89. The van der Waals surface area contributed by atoms with Crippen LogP contribution in [-0.2, 0) is 6.54 Å². The Kier molecular flexibility index (Phi) is 3.39. The third-order valence-corrected chi connectivity index (χ3v) is 4.51. The smallest absolute Gasteiger partial charge is 0.273 e. The first-order valence-electron chi connectivity index (χ1n) is 9.78. The minimum Gasteiger partial charge on any atom is -0.368 e. The van der Waals surface area contributed by atoms with Crippen LogP contribution in [0.5, 0.6) is 0 Å². The van der Waals surface area contributed by atoms with Gasteiger partial charge in [0.2, 0.25) is 0 Å². The Morgan fingerprint density at radius 3 is 2.93 bits per heavy atom. The quantitative estimate of drug-likeness (QED) is 0.744. The molecule has 1 aliphatic heterocycles. The number of benzene rings is 2. The van der Waals surface area contributed by atoms with Gasteiger partial charge < -0.3 is 15.5 Å². The Morgan fingerprint density at radius 2 is 2.07 bits per heavy atom. The van der Waals surface area contributed by atoms with E-state index in [0.717, 1.165) is 16.8 Å². The van der Waals surface area contributed by atoms with Gasteiger partial charge in [-0.05, 0) is 23.8 Å². The largest absolute Gasteiger partial charge is 0.368 e. The second kappa shape index (κ2) is 6.68. The second-order valence-electron chi connectivity index (χ2n) is 6.20. The molecule has 0 saturated heterocycles. The van der Waals surface area contributed by atoms with Crippen LogP contribution in [0.25, 0.3) is 11.1 Å². The molecule has 1 aromatic heterocycles. The monoisotopic (exact) mass is 366 g/mol. The molecule has 7 heteroatoms. The number of carbonyl (C=O) groups is 1. The van der Waals surface area contributed by atoms with Gasteiger partial charge in [-0.25, -0.2) is 4.39 Å². The summed E-state index contributed by atoms with van der Waals surface area (Å²) in [6.45, 7) is -2.14. The summed E-state index contributed by atoms with van der Waals surface area (Å²) in [6, 6.07) is 12.0. The van der Waals surface area contributed by atoms with Crippen molar-refractivity contribution in [3.05, 3.63) is 65.7 Å². The average molecular weight is 366 g/mol. The molecular weight excluding hydrogens is 345 g/mol. The third-order valence-electron chi connectivity index (χ3n) is 4.51. The third kappa shape index (κ3) is 2.87. The normalized spacial score (nSPS) is 14.3. The maximum atomic E-state index is 14.6. The van der Waals surface area contributed by atoms with E-state index in [2.05, 4.69) is 15.5 Å².